The molecule has 0 amide bonds. The summed E-state index contributed by atoms with van der Waals surface area (Å²) in [5, 5.41) is 0. The molecule has 0 aliphatic rings. The summed E-state index contributed by atoms with van der Waals surface area (Å²) >= 11 is 0. The van der Waals surface area contributed by atoms with Gasteiger partial charge in [0.2, 0.25) is 0 Å². The van der Waals surface area contributed by atoms with Crippen LogP contribution in [0.3, 0.4) is 0 Å². The molecule has 0 unspecified atom stereocenters. The van der Waals surface area contributed by atoms with Crippen LogP contribution in [0.25, 0.3) is 6.08 Å². The molecule has 102 valence electrons. The van der Waals surface area contributed by atoms with Crippen LogP contribution < -0.4 is 4.74 Å². The number of methoxy groups -OCH3 is 1. The molecular formula is C18H18O2. The molecule has 0 heterocycles. The predicted molar refractivity (Wildman–Crippen MR) is 82.2 cm³/mol. The van der Waals surface area contributed by atoms with Crippen molar-refractivity contribution in [2.24, 2.45) is 0 Å². The lowest BCUT2D eigenvalue weighted by molar-refractivity contribution is 0.104. The average molecular weight is 266 g/mol. The summed E-state index contributed by atoms with van der Waals surface area (Å²) in [4.78, 5) is 12.2. The molecule has 2 rings (SSSR count). The first-order valence-electron chi connectivity index (χ1n) is 6.69. The van der Waals surface area contributed by atoms with Gasteiger partial charge >= 0.3 is 0 Å². The molecule has 0 aromatic heterocycles. The Morgan fingerprint density at radius 1 is 1.10 bits per heavy atom. The molecule has 0 bridgehead atoms. The highest BCUT2D eigenvalue weighted by atomic mass is 16.5. The molecule has 0 spiro atoms. The highest BCUT2D eigenvalue weighted by Gasteiger charge is 2.07. The maximum atomic E-state index is 12.2. The number of rotatable bonds is 5. The van der Waals surface area contributed by atoms with Crippen LogP contribution in [0.4, 0.5) is 0 Å². The van der Waals surface area contributed by atoms with Gasteiger partial charge in [-0.3, -0.25) is 4.79 Å². The van der Waals surface area contributed by atoms with Crippen LogP contribution in [0, 0.1) is 0 Å². The second-order valence-electron chi connectivity index (χ2n) is 4.49. The summed E-state index contributed by atoms with van der Waals surface area (Å²) in [6, 6.07) is 15.4. The molecule has 0 fully saturated rings. The van der Waals surface area contributed by atoms with Crippen LogP contribution in [0.2, 0.25) is 0 Å². The standard InChI is InChI=1S/C18H18O2/c1-3-14-8-10-15(11-9-14)12-13-17(19)16-6-4-5-7-18(16)20-2/h4-13H,3H2,1-2H3/b13-12+. The van der Waals surface area contributed by atoms with Gasteiger partial charge in [0.05, 0.1) is 12.7 Å². The Hall–Kier alpha value is -2.35. The van der Waals surface area contributed by atoms with Gasteiger partial charge in [-0.25, -0.2) is 0 Å². The maximum Gasteiger partial charge on any atom is 0.189 e. The van der Waals surface area contributed by atoms with Crippen molar-refractivity contribution in [2.75, 3.05) is 7.11 Å². The first kappa shape index (κ1) is 14.1. The zero-order valence-corrected chi connectivity index (χ0v) is 11.8. The van der Waals surface area contributed by atoms with Crippen molar-refractivity contribution in [1.29, 1.82) is 0 Å². The molecule has 2 heteroatoms. The Morgan fingerprint density at radius 2 is 1.80 bits per heavy atom. The van der Waals surface area contributed by atoms with Gasteiger partial charge in [-0.15, -0.1) is 0 Å². The number of benzene rings is 2. The maximum absolute atomic E-state index is 12.2. The van der Waals surface area contributed by atoms with Crippen LogP contribution in [-0.4, -0.2) is 12.9 Å². The monoisotopic (exact) mass is 266 g/mol. The molecule has 0 aliphatic carbocycles. The van der Waals surface area contributed by atoms with E-state index in [2.05, 4.69) is 19.1 Å². The van der Waals surface area contributed by atoms with E-state index in [1.807, 2.05) is 30.3 Å². The first-order valence-corrected chi connectivity index (χ1v) is 6.69. The molecule has 0 atom stereocenters. The van der Waals surface area contributed by atoms with Gasteiger partial charge in [-0.2, -0.15) is 0 Å². The van der Waals surface area contributed by atoms with Crippen LogP contribution in [0.1, 0.15) is 28.4 Å². The Bertz CT molecular complexity index is 610. The molecule has 2 aromatic rings. The number of hydrogen-bond acceptors (Lipinski definition) is 2. The van der Waals surface area contributed by atoms with Gasteiger partial charge < -0.3 is 4.74 Å². The third-order valence-corrected chi connectivity index (χ3v) is 3.19. The lowest BCUT2D eigenvalue weighted by atomic mass is 10.1. The van der Waals surface area contributed by atoms with Gasteiger partial charge in [0.1, 0.15) is 5.75 Å². The molecule has 2 nitrogen and oxygen atoms in total. The molecule has 20 heavy (non-hydrogen) atoms. The summed E-state index contributed by atoms with van der Waals surface area (Å²) in [5.74, 6) is 0.547. The minimum Gasteiger partial charge on any atom is -0.496 e. The van der Waals surface area contributed by atoms with Gasteiger partial charge in [-0.05, 0) is 35.8 Å². The molecule has 0 saturated carbocycles. The van der Waals surface area contributed by atoms with E-state index in [0.717, 1.165) is 12.0 Å². The van der Waals surface area contributed by atoms with E-state index < -0.39 is 0 Å². The van der Waals surface area contributed by atoms with E-state index in [1.54, 1.807) is 25.3 Å². The first-order chi connectivity index (χ1) is 9.74. The summed E-state index contributed by atoms with van der Waals surface area (Å²) < 4.78 is 5.19. The third-order valence-electron chi connectivity index (χ3n) is 3.19. The van der Waals surface area contributed by atoms with E-state index >= 15 is 0 Å². The Labute approximate surface area is 119 Å². The van der Waals surface area contributed by atoms with E-state index in [1.165, 1.54) is 5.56 Å². The Kier molecular flexibility index (Phi) is 4.72. The lowest BCUT2D eigenvalue weighted by Gasteiger charge is -2.04. The van der Waals surface area contributed by atoms with Crippen molar-refractivity contribution in [1.82, 2.24) is 0 Å². The van der Waals surface area contributed by atoms with Crippen molar-refractivity contribution in [3.05, 3.63) is 71.3 Å². The third kappa shape index (κ3) is 3.35. The van der Waals surface area contributed by atoms with Gasteiger partial charge in [0, 0.05) is 0 Å². The number of ketones is 1. The molecule has 0 aliphatic heterocycles. The number of ether oxygens (including phenoxy) is 1. The zero-order valence-electron chi connectivity index (χ0n) is 11.8. The van der Waals surface area contributed by atoms with Crippen molar-refractivity contribution >= 4 is 11.9 Å². The normalized spacial score (nSPS) is 10.7. The summed E-state index contributed by atoms with van der Waals surface area (Å²) in [5.41, 5.74) is 2.89. The largest absolute Gasteiger partial charge is 0.496 e. The average Bonchev–Trinajstić information content (AvgIpc) is 2.53. The number of allylic oxidation sites excluding steroid dienone is 1. The minimum absolute atomic E-state index is 0.0537. The highest BCUT2D eigenvalue weighted by Crippen LogP contribution is 2.18. The summed E-state index contributed by atoms with van der Waals surface area (Å²) in [6.45, 7) is 2.12. The zero-order chi connectivity index (χ0) is 14.4. The van der Waals surface area contributed by atoms with E-state index in [0.29, 0.717) is 11.3 Å². The Balaban J connectivity index is 2.15. The topological polar surface area (TPSA) is 26.3 Å². The van der Waals surface area contributed by atoms with Crippen molar-refractivity contribution in [2.45, 2.75) is 13.3 Å². The van der Waals surface area contributed by atoms with E-state index in [9.17, 15) is 4.79 Å². The second-order valence-corrected chi connectivity index (χ2v) is 4.49. The number of carbonyl (C=O) groups excluding carboxylic acids is 1. The van der Waals surface area contributed by atoms with Crippen molar-refractivity contribution < 1.29 is 9.53 Å². The smallest absolute Gasteiger partial charge is 0.189 e. The molecule has 2 aromatic carbocycles. The second kappa shape index (κ2) is 6.71. The van der Waals surface area contributed by atoms with Crippen LogP contribution in [0.15, 0.2) is 54.6 Å². The number of carbonyl (C=O) groups is 1. The van der Waals surface area contributed by atoms with Crippen LogP contribution >= 0.6 is 0 Å². The van der Waals surface area contributed by atoms with Crippen molar-refractivity contribution in [3.8, 4) is 5.75 Å². The summed E-state index contributed by atoms with van der Waals surface area (Å²) in [7, 11) is 1.57. The molecule has 0 radical (unpaired) electrons. The fourth-order valence-electron chi connectivity index (χ4n) is 1.97. The predicted octanol–water partition coefficient (Wildman–Crippen LogP) is 4.15. The molecule has 0 N–H and O–H groups in total. The van der Waals surface area contributed by atoms with Crippen LogP contribution in [-0.2, 0) is 6.42 Å². The lowest BCUT2D eigenvalue weighted by Crippen LogP contribution is -1.98. The number of aryl methyl sites for hydroxylation is 1. The van der Waals surface area contributed by atoms with Gasteiger partial charge in [0.15, 0.2) is 5.78 Å². The van der Waals surface area contributed by atoms with Gasteiger partial charge in [-0.1, -0.05) is 49.4 Å². The Morgan fingerprint density at radius 3 is 2.45 bits per heavy atom. The van der Waals surface area contributed by atoms with E-state index in [-0.39, 0.29) is 5.78 Å². The number of para-hydroxylation sites is 1. The summed E-state index contributed by atoms with van der Waals surface area (Å²) in [6.07, 6.45) is 4.43. The quantitative estimate of drug-likeness (QED) is 0.600. The van der Waals surface area contributed by atoms with Crippen molar-refractivity contribution in [3.63, 3.8) is 0 Å². The van der Waals surface area contributed by atoms with Gasteiger partial charge in [0.25, 0.3) is 0 Å². The minimum atomic E-state index is -0.0537. The molecular weight excluding hydrogens is 248 g/mol. The van der Waals surface area contributed by atoms with Crippen LogP contribution in [0.5, 0.6) is 5.75 Å². The number of hydrogen-bond donors (Lipinski definition) is 0. The highest BCUT2D eigenvalue weighted by molar-refractivity contribution is 6.08. The SMILES string of the molecule is CCc1ccc(/C=C/C(=O)c2ccccc2OC)cc1. The fourth-order valence-corrected chi connectivity index (χ4v) is 1.97. The molecule has 0 saturated heterocycles. The fraction of sp³-hybridized carbons (Fsp3) is 0.167. The van der Waals surface area contributed by atoms with E-state index in [4.69, 9.17) is 4.74 Å².